The van der Waals surface area contributed by atoms with Gasteiger partial charge in [-0.15, -0.1) is 0 Å². The van der Waals surface area contributed by atoms with E-state index >= 15 is 0 Å². The summed E-state index contributed by atoms with van der Waals surface area (Å²) in [5, 5.41) is 3.00. The Hall–Kier alpha value is -0.730. The minimum Gasteiger partial charge on any atom is -0.336 e. The monoisotopic (exact) mass is 226 g/mol. The zero-order chi connectivity index (χ0) is 12.3. The third kappa shape index (κ3) is 3.39. The summed E-state index contributed by atoms with van der Waals surface area (Å²) in [6.45, 7) is 11.6. The highest BCUT2D eigenvalue weighted by Crippen LogP contribution is 2.31. The lowest BCUT2D eigenvalue weighted by molar-refractivity contribution is 0.0864. The quantitative estimate of drug-likeness (QED) is 0.732. The molecular formula is C13H26N2O. The van der Waals surface area contributed by atoms with Gasteiger partial charge in [0.25, 0.3) is 0 Å². The van der Waals surface area contributed by atoms with Crippen molar-refractivity contribution in [1.82, 2.24) is 10.2 Å². The van der Waals surface area contributed by atoms with Crippen LogP contribution in [0.5, 0.6) is 0 Å². The van der Waals surface area contributed by atoms with Crippen molar-refractivity contribution in [2.24, 2.45) is 5.41 Å². The van der Waals surface area contributed by atoms with Crippen LogP contribution in [0.3, 0.4) is 0 Å². The van der Waals surface area contributed by atoms with E-state index in [-0.39, 0.29) is 17.5 Å². The molecule has 0 radical (unpaired) electrons. The van der Waals surface area contributed by atoms with E-state index < -0.39 is 0 Å². The molecule has 3 heteroatoms. The van der Waals surface area contributed by atoms with Crippen LogP contribution in [-0.2, 0) is 0 Å². The first kappa shape index (κ1) is 13.3. The number of nitrogens with one attached hydrogen (secondary N) is 1. The molecule has 1 aliphatic rings. The van der Waals surface area contributed by atoms with E-state index in [0.717, 1.165) is 19.4 Å². The smallest absolute Gasteiger partial charge is 0.317 e. The lowest BCUT2D eigenvalue weighted by Crippen LogP contribution is -2.54. The van der Waals surface area contributed by atoms with Crippen LogP contribution in [0.4, 0.5) is 4.79 Å². The minimum atomic E-state index is 0.106. The maximum absolute atomic E-state index is 12.1. The number of carbonyl (C=O) groups excluding carboxylic acids is 1. The van der Waals surface area contributed by atoms with Gasteiger partial charge in [-0.2, -0.15) is 0 Å². The molecule has 2 amide bonds. The summed E-state index contributed by atoms with van der Waals surface area (Å²) in [7, 11) is 0. The molecule has 1 rings (SSSR count). The first-order valence-corrected chi connectivity index (χ1v) is 6.39. The van der Waals surface area contributed by atoms with E-state index in [1.807, 2.05) is 18.7 Å². The molecule has 94 valence electrons. The summed E-state index contributed by atoms with van der Waals surface area (Å²) in [6.07, 6.45) is 3.51. The number of likely N-dealkylation sites (tertiary alicyclic amines) is 1. The van der Waals surface area contributed by atoms with Crippen LogP contribution in [0.15, 0.2) is 0 Å². The van der Waals surface area contributed by atoms with Gasteiger partial charge in [-0.1, -0.05) is 20.8 Å². The Labute approximate surface area is 99.6 Å². The molecule has 0 bridgehead atoms. The molecule has 1 atom stereocenters. The lowest BCUT2D eigenvalue weighted by Gasteiger charge is -2.43. The van der Waals surface area contributed by atoms with Gasteiger partial charge < -0.3 is 10.2 Å². The zero-order valence-electron chi connectivity index (χ0n) is 11.3. The van der Waals surface area contributed by atoms with Gasteiger partial charge in [0.1, 0.15) is 0 Å². The largest absolute Gasteiger partial charge is 0.336 e. The van der Waals surface area contributed by atoms with Crippen molar-refractivity contribution < 1.29 is 4.79 Å². The van der Waals surface area contributed by atoms with Crippen molar-refractivity contribution in [3.05, 3.63) is 0 Å². The number of rotatable bonds is 1. The SMILES string of the molecule is CC(C)NC(=O)N1CCCCC1C(C)(C)C. The number of carbonyl (C=O) groups is 1. The highest BCUT2D eigenvalue weighted by Gasteiger charge is 2.35. The number of amides is 2. The highest BCUT2D eigenvalue weighted by molar-refractivity contribution is 5.75. The van der Waals surface area contributed by atoms with Gasteiger partial charge in [-0.3, -0.25) is 0 Å². The van der Waals surface area contributed by atoms with E-state index in [0.29, 0.717) is 6.04 Å². The molecule has 0 aromatic heterocycles. The summed E-state index contributed by atoms with van der Waals surface area (Å²) >= 11 is 0. The van der Waals surface area contributed by atoms with Gasteiger partial charge in [0.2, 0.25) is 0 Å². The van der Waals surface area contributed by atoms with E-state index in [2.05, 4.69) is 26.1 Å². The van der Waals surface area contributed by atoms with Crippen molar-refractivity contribution >= 4 is 6.03 Å². The second-order valence-corrected chi connectivity index (χ2v) is 6.18. The Morgan fingerprint density at radius 3 is 2.44 bits per heavy atom. The molecule has 1 N–H and O–H groups in total. The molecule has 0 aromatic carbocycles. The summed E-state index contributed by atoms with van der Waals surface area (Å²) in [5.41, 5.74) is 0.175. The molecule has 0 spiro atoms. The fraction of sp³-hybridized carbons (Fsp3) is 0.923. The highest BCUT2D eigenvalue weighted by atomic mass is 16.2. The maximum Gasteiger partial charge on any atom is 0.317 e. The van der Waals surface area contributed by atoms with Crippen LogP contribution in [0.1, 0.15) is 53.9 Å². The van der Waals surface area contributed by atoms with Crippen molar-refractivity contribution in [2.45, 2.75) is 66.0 Å². The molecule has 1 saturated heterocycles. The molecule has 1 unspecified atom stereocenters. The summed E-state index contributed by atoms with van der Waals surface area (Å²) in [6, 6.07) is 0.699. The van der Waals surface area contributed by atoms with Crippen LogP contribution in [0.2, 0.25) is 0 Å². The number of hydrogen-bond acceptors (Lipinski definition) is 1. The summed E-state index contributed by atoms with van der Waals surface area (Å²) < 4.78 is 0. The van der Waals surface area contributed by atoms with Gasteiger partial charge in [-0.05, 0) is 38.5 Å². The average molecular weight is 226 g/mol. The molecule has 0 aliphatic carbocycles. The Morgan fingerprint density at radius 1 is 1.31 bits per heavy atom. The Bertz CT molecular complexity index is 243. The van der Waals surface area contributed by atoms with Crippen LogP contribution < -0.4 is 5.32 Å². The molecule has 1 fully saturated rings. The average Bonchev–Trinajstić information content (AvgIpc) is 2.15. The topological polar surface area (TPSA) is 32.3 Å². The minimum absolute atomic E-state index is 0.106. The van der Waals surface area contributed by atoms with Crippen LogP contribution in [-0.4, -0.2) is 29.6 Å². The van der Waals surface area contributed by atoms with Crippen molar-refractivity contribution in [3.8, 4) is 0 Å². The summed E-state index contributed by atoms with van der Waals surface area (Å²) in [5.74, 6) is 0. The number of urea groups is 1. The Kier molecular flexibility index (Phi) is 4.22. The van der Waals surface area contributed by atoms with Gasteiger partial charge in [-0.25, -0.2) is 4.79 Å². The van der Waals surface area contributed by atoms with Gasteiger partial charge >= 0.3 is 6.03 Å². The first-order chi connectivity index (χ1) is 7.32. The van der Waals surface area contributed by atoms with E-state index in [1.54, 1.807) is 0 Å². The number of hydrogen-bond donors (Lipinski definition) is 1. The van der Waals surface area contributed by atoms with Crippen LogP contribution in [0.25, 0.3) is 0 Å². The first-order valence-electron chi connectivity index (χ1n) is 6.39. The third-order valence-corrected chi connectivity index (χ3v) is 3.18. The fourth-order valence-corrected chi connectivity index (χ4v) is 2.40. The predicted molar refractivity (Wildman–Crippen MR) is 67.5 cm³/mol. The predicted octanol–water partition coefficient (Wildman–Crippen LogP) is 3.01. The van der Waals surface area contributed by atoms with Gasteiger partial charge in [0, 0.05) is 18.6 Å². The Balaban J connectivity index is 2.70. The Morgan fingerprint density at radius 2 is 1.94 bits per heavy atom. The van der Waals surface area contributed by atoms with Crippen LogP contribution >= 0.6 is 0 Å². The normalized spacial score (nSPS) is 22.4. The molecule has 16 heavy (non-hydrogen) atoms. The standard InChI is InChI=1S/C13H26N2O/c1-10(2)14-12(16)15-9-7-6-8-11(15)13(3,4)5/h10-11H,6-9H2,1-5H3,(H,14,16). The molecule has 1 heterocycles. The van der Waals surface area contributed by atoms with E-state index in [1.165, 1.54) is 6.42 Å². The van der Waals surface area contributed by atoms with Crippen molar-refractivity contribution in [3.63, 3.8) is 0 Å². The number of piperidine rings is 1. The van der Waals surface area contributed by atoms with E-state index in [9.17, 15) is 4.79 Å². The molecule has 1 aliphatic heterocycles. The maximum atomic E-state index is 12.1. The molecule has 3 nitrogen and oxygen atoms in total. The molecular weight excluding hydrogens is 200 g/mol. The van der Waals surface area contributed by atoms with Crippen molar-refractivity contribution in [1.29, 1.82) is 0 Å². The number of nitrogens with zero attached hydrogens (tertiary/aromatic N) is 1. The van der Waals surface area contributed by atoms with Crippen LogP contribution in [0, 0.1) is 5.41 Å². The third-order valence-electron chi connectivity index (χ3n) is 3.18. The molecule has 0 saturated carbocycles. The lowest BCUT2D eigenvalue weighted by atomic mass is 9.81. The fourth-order valence-electron chi connectivity index (χ4n) is 2.40. The molecule has 0 aromatic rings. The summed E-state index contributed by atoms with van der Waals surface area (Å²) in [4.78, 5) is 14.1. The van der Waals surface area contributed by atoms with Gasteiger partial charge in [0.15, 0.2) is 0 Å². The zero-order valence-corrected chi connectivity index (χ0v) is 11.3. The second-order valence-electron chi connectivity index (χ2n) is 6.18. The van der Waals surface area contributed by atoms with E-state index in [4.69, 9.17) is 0 Å². The second kappa shape index (κ2) is 5.07. The van der Waals surface area contributed by atoms with Gasteiger partial charge in [0.05, 0.1) is 0 Å². The van der Waals surface area contributed by atoms with Crippen molar-refractivity contribution in [2.75, 3.05) is 6.54 Å².